The zero-order valence-electron chi connectivity index (χ0n) is 11.7. The Balaban J connectivity index is 1.62. The van der Waals surface area contributed by atoms with Crippen molar-refractivity contribution in [2.75, 3.05) is 6.61 Å². The zero-order valence-corrected chi connectivity index (χ0v) is 11.7. The molecule has 0 fully saturated rings. The van der Waals surface area contributed by atoms with Crippen LogP contribution in [-0.2, 0) is 19.9 Å². The molecule has 1 N–H and O–H groups in total. The fraction of sp³-hybridized carbons (Fsp3) is 0.438. The van der Waals surface area contributed by atoms with Crippen molar-refractivity contribution in [1.82, 2.24) is 9.78 Å². The van der Waals surface area contributed by atoms with Crippen LogP contribution in [0.3, 0.4) is 0 Å². The lowest BCUT2D eigenvalue weighted by Gasteiger charge is -2.21. The Morgan fingerprint density at radius 2 is 2.35 bits per heavy atom. The Hall–Kier alpha value is -1.81. The summed E-state index contributed by atoms with van der Waals surface area (Å²) < 4.78 is 7.58. The first kappa shape index (κ1) is 13.2. The minimum absolute atomic E-state index is 0.333. The number of nitrogens with zero attached hydrogens (tertiary/aromatic N) is 2. The van der Waals surface area contributed by atoms with Gasteiger partial charge in [-0.1, -0.05) is 6.07 Å². The highest BCUT2D eigenvalue weighted by Crippen LogP contribution is 2.32. The van der Waals surface area contributed by atoms with E-state index >= 15 is 0 Å². The van der Waals surface area contributed by atoms with Crippen LogP contribution in [0.25, 0.3) is 0 Å². The lowest BCUT2D eigenvalue weighted by atomic mass is 9.89. The van der Waals surface area contributed by atoms with E-state index < -0.39 is 0 Å². The third kappa shape index (κ3) is 2.85. The fourth-order valence-corrected chi connectivity index (χ4v) is 2.73. The molecule has 3 rings (SSSR count). The maximum atomic E-state index is 10.0. The summed E-state index contributed by atoms with van der Waals surface area (Å²) in [4.78, 5) is 0. The van der Waals surface area contributed by atoms with E-state index in [4.69, 9.17) is 4.74 Å². The zero-order chi connectivity index (χ0) is 13.9. The minimum Gasteiger partial charge on any atom is -0.493 e. The van der Waals surface area contributed by atoms with E-state index in [0.717, 1.165) is 37.0 Å². The van der Waals surface area contributed by atoms with Crippen molar-refractivity contribution < 1.29 is 9.84 Å². The van der Waals surface area contributed by atoms with Crippen LogP contribution in [0.15, 0.2) is 30.6 Å². The second-order valence-corrected chi connectivity index (χ2v) is 5.39. The molecule has 4 nitrogen and oxygen atoms in total. The molecule has 0 saturated carbocycles. The second-order valence-electron chi connectivity index (χ2n) is 5.39. The Bertz CT molecular complexity index is 592. The maximum absolute atomic E-state index is 10.0. The first-order chi connectivity index (χ1) is 9.72. The van der Waals surface area contributed by atoms with Crippen LogP contribution in [0.2, 0.25) is 0 Å². The minimum atomic E-state index is -0.333. The van der Waals surface area contributed by atoms with Gasteiger partial charge < -0.3 is 9.84 Å². The van der Waals surface area contributed by atoms with Gasteiger partial charge in [0.1, 0.15) is 5.75 Å². The molecular formula is C16H20N2O2. The fourth-order valence-electron chi connectivity index (χ4n) is 2.73. The van der Waals surface area contributed by atoms with Gasteiger partial charge in [0.25, 0.3) is 0 Å². The number of aromatic nitrogens is 2. The van der Waals surface area contributed by atoms with Crippen LogP contribution in [0.1, 0.15) is 35.6 Å². The number of rotatable bonds is 4. The topological polar surface area (TPSA) is 47.3 Å². The molecule has 1 atom stereocenters. The number of aryl methyl sites for hydroxylation is 2. The molecule has 0 spiro atoms. The van der Waals surface area contributed by atoms with Gasteiger partial charge in [0, 0.05) is 19.7 Å². The molecule has 1 aliphatic carbocycles. The van der Waals surface area contributed by atoms with E-state index in [-0.39, 0.29) is 6.10 Å². The van der Waals surface area contributed by atoms with Crippen LogP contribution in [0.5, 0.6) is 5.75 Å². The van der Waals surface area contributed by atoms with Gasteiger partial charge in [-0.3, -0.25) is 4.68 Å². The Morgan fingerprint density at radius 3 is 3.15 bits per heavy atom. The molecule has 1 aromatic carbocycles. The van der Waals surface area contributed by atoms with Gasteiger partial charge in [-0.15, -0.1) is 0 Å². The summed E-state index contributed by atoms with van der Waals surface area (Å²) in [6.07, 6.45) is 7.35. The number of hydrogen-bond acceptors (Lipinski definition) is 3. The normalized spacial score (nSPS) is 17.8. The molecule has 4 heteroatoms. The van der Waals surface area contributed by atoms with E-state index in [1.165, 1.54) is 11.1 Å². The smallest absolute Gasteiger partial charge is 0.119 e. The quantitative estimate of drug-likeness (QED) is 0.929. The van der Waals surface area contributed by atoms with Crippen molar-refractivity contribution in [3.63, 3.8) is 0 Å². The van der Waals surface area contributed by atoms with E-state index in [1.807, 2.05) is 31.6 Å². The Kier molecular flexibility index (Phi) is 3.74. The molecule has 0 bridgehead atoms. The third-order valence-electron chi connectivity index (χ3n) is 3.82. The molecule has 1 aromatic heterocycles. The molecular weight excluding hydrogens is 252 g/mol. The molecule has 1 unspecified atom stereocenters. The predicted octanol–water partition coefficient (Wildman–Crippen LogP) is 2.41. The van der Waals surface area contributed by atoms with Crippen molar-refractivity contribution in [3.8, 4) is 5.75 Å². The summed E-state index contributed by atoms with van der Waals surface area (Å²) in [5, 5.41) is 14.2. The number of benzene rings is 1. The molecule has 0 radical (unpaired) electrons. The average molecular weight is 272 g/mol. The molecule has 2 aromatic rings. The highest BCUT2D eigenvalue weighted by Gasteiger charge is 2.18. The average Bonchev–Trinajstić information content (AvgIpc) is 2.85. The van der Waals surface area contributed by atoms with Crippen LogP contribution >= 0.6 is 0 Å². The lowest BCUT2D eigenvalue weighted by molar-refractivity contribution is 0.156. The standard InChI is InChI=1S/C16H20N2O2/c1-18-11-12(10-17-18)7-8-20-14-6-5-13-3-2-4-16(19)15(13)9-14/h5-6,9-11,16,19H,2-4,7-8H2,1H3. The maximum Gasteiger partial charge on any atom is 0.119 e. The van der Waals surface area contributed by atoms with Crippen molar-refractivity contribution in [2.45, 2.75) is 31.8 Å². The van der Waals surface area contributed by atoms with Crippen LogP contribution in [0.4, 0.5) is 0 Å². The molecule has 1 heterocycles. The summed E-state index contributed by atoms with van der Waals surface area (Å²) in [5.41, 5.74) is 3.46. The predicted molar refractivity (Wildman–Crippen MR) is 76.7 cm³/mol. The first-order valence-electron chi connectivity index (χ1n) is 7.13. The number of hydrogen-bond donors (Lipinski definition) is 1. The van der Waals surface area contributed by atoms with Crippen molar-refractivity contribution in [1.29, 1.82) is 0 Å². The molecule has 20 heavy (non-hydrogen) atoms. The second kappa shape index (κ2) is 5.67. The lowest BCUT2D eigenvalue weighted by Crippen LogP contribution is -2.09. The number of aliphatic hydroxyl groups is 1. The SMILES string of the molecule is Cn1cc(CCOc2ccc3c(c2)C(O)CCC3)cn1. The van der Waals surface area contributed by atoms with Gasteiger partial charge in [0.05, 0.1) is 18.9 Å². The van der Waals surface area contributed by atoms with E-state index in [2.05, 4.69) is 11.2 Å². The molecule has 1 aliphatic rings. The molecule has 0 aliphatic heterocycles. The Labute approximate surface area is 119 Å². The van der Waals surface area contributed by atoms with E-state index in [0.29, 0.717) is 6.61 Å². The van der Waals surface area contributed by atoms with Crippen molar-refractivity contribution in [2.24, 2.45) is 7.05 Å². The van der Waals surface area contributed by atoms with Crippen LogP contribution in [0, 0.1) is 0 Å². The van der Waals surface area contributed by atoms with E-state index in [9.17, 15) is 5.11 Å². The summed E-state index contributed by atoms with van der Waals surface area (Å²) in [6, 6.07) is 6.07. The van der Waals surface area contributed by atoms with Gasteiger partial charge in [-0.25, -0.2) is 0 Å². The van der Waals surface area contributed by atoms with E-state index in [1.54, 1.807) is 4.68 Å². The molecule has 0 amide bonds. The van der Waals surface area contributed by atoms with Gasteiger partial charge >= 0.3 is 0 Å². The van der Waals surface area contributed by atoms with Gasteiger partial charge in [-0.05, 0) is 48.1 Å². The van der Waals surface area contributed by atoms with Crippen molar-refractivity contribution >= 4 is 0 Å². The molecule has 0 saturated heterocycles. The van der Waals surface area contributed by atoms with Crippen LogP contribution in [-0.4, -0.2) is 21.5 Å². The summed E-state index contributed by atoms with van der Waals surface area (Å²) >= 11 is 0. The monoisotopic (exact) mass is 272 g/mol. The largest absolute Gasteiger partial charge is 0.493 e. The highest BCUT2D eigenvalue weighted by atomic mass is 16.5. The van der Waals surface area contributed by atoms with Crippen molar-refractivity contribution in [3.05, 3.63) is 47.3 Å². The van der Waals surface area contributed by atoms with Gasteiger partial charge in [-0.2, -0.15) is 5.10 Å². The first-order valence-corrected chi connectivity index (χ1v) is 7.13. The molecule has 106 valence electrons. The number of ether oxygens (including phenoxy) is 1. The summed E-state index contributed by atoms with van der Waals surface area (Å²) in [7, 11) is 1.91. The number of fused-ring (bicyclic) bond motifs is 1. The summed E-state index contributed by atoms with van der Waals surface area (Å²) in [5.74, 6) is 0.841. The van der Waals surface area contributed by atoms with Gasteiger partial charge in [0.2, 0.25) is 0 Å². The highest BCUT2D eigenvalue weighted by molar-refractivity contribution is 5.38. The number of aliphatic hydroxyl groups excluding tert-OH is 1. The van der Waals surface area contributed by atoms with Gasteiger partial charge in [0.15, 0.2) is 0 Å². The van der Waals surface area contributed by atoms with Crippen LogP contribution < -0.4 is 4.74 Å². The Morgan fingerprint density at radius 1 is 1.45 bits per heavy atom. The third-order valence-corrected chi connectivity index (χ3v) is 3.82. The summed E-state index contributed by atoms with van der Waals surface area (Å²) in [6.45, 7) is 0.626.